The number of benzene rings is 2. The average molecular weight is 450 g/mol. The Bertz CT molecular complexity index is 898. The number of hydrogen-bond donors (Lipinski definition) is 3. The van der Waals surface area contributed by atoms with Gasteiger partial charge in [-0.05, 0) is 40.2 Å². The van der Waals surface area contributed by atoms with Gasteiger partial charge >= 0.3 is 0 Å². The summed E-state index contributed by atoms with van der Waals surface area (Å²) in [5, 5.41) is 10.0. The van der Waals surface area contributed by atoms with E-state index in [4.69, 9.17) is 25.7 Å². The number of carbonyl (C=O) groups excluding carboxylic acids is 1. The molecule has 2 rings (SSSR count). The number of anilines is 1. The summed E-state index contributed by atoms with van der Waals surface area (Å²) >= 11 is 3.40. The van der Waals surface area contributed by atoms with Crippen LogP contribution in [-0.2, 0) is 4.79 Å². The highest BCUT2D eigenvalue weighted by Crippen LogP contribution is 2.33. The minimum absolute atomic E-state index is 0.152. The number of methoxy groups -OCH3 is 2. The van der Waals surface area contributed by atoms with Gasteiger partial charge in [0, 0.05) is 10.0 Å². The van der Waals surface area contributed by atoms with Crippen molar-refractivity contribution >= 4 is 39.7 Å². The van der Waals surface area contributed by atoms with E-state index in [1.807, 2.05) is 6.07 Å². The lowest BCUT2D eigenvalue weighted by atomic mass is 10.2. The van der Waals surface area contributed by atoms with E-state index < -0.39 is 0 Å². The molecule has 0 fully saturated rings. The summed E-state index contributed by atoms with van der Waals surface area (Å²) in [4.78, 5) is 12.2. The minimum atomic E-state index is -0.346. The van der Waals surface area contributed by atoms with Crippen LogP contribution in [0.4, 0.5) is 5.69 Å². The fraction of sp³-hybridized carbons (Fsp3) is 0.167. The second-order valence-electron chi connectivity index (χ2n) is 5.33. The van der Waals surface area contributed by atoms with Gasteiger partial charge in [-0.1, -0.05) is 12.1 Å². The number of carbonyl (C=O) groups is 1. The zero-order chi connectivity index (χ0) is 20.5. The number of nitrogens with one attached hydrogen (secondary N) is 1. The summed E-state index contributed by atoms with van der Waals surface area (Å²) in [5.74, 6) is 0.852. The number of amides is 1. The van der Waals surface area contributed by atoms with Crippen LogP contribution in [0, 0.1) is 0 Å². The molecule has 148 valence electrons. The fourth-order valence-corrected chi connectivity index (χ4v) is 2.58. The number of rotatable bonds is 8. The fourth-order valence-electron chi connectivity index (χ4n) is 2.16. The molecule has 0 aromatic heterocycles. The van der Waals surface area contributed by atoms with Crippen molar-refractivity contribution in [1.29, 1.82) is 0 Å². The summed E-state index contributed by atoms with van der Waals surface area (Å²) in [6, 6.07) is 10.4. The zero-order valence-corrected chi connectivity index (χ0v) is 16.9. The van der Waals surface area contributed by atoms with Gasteiger partial charge in [-0.15, -0.1) is 5.10 Å². The number of nitrogens with zero attached hydrogens (tertiary/aromatic N) is 2. The Balaban J connectivity index is 2.09. The Kier molecular flexibility index (Phi) is 7.64. The Hall–Kier alpha value is -3.27. The van der Waals surface area contributed by atoms with E-state index in [1.165, 1.54) is 20.4 Å². The molecular formula is C18H20BrN5O4. The SMILES string of the molecule is COc1ccccc1NC(=O)COc1cc(Br)c(C=NN=C(N)N)cc1OC. The molecule has 0 saturated carbocycles. The zero-order valence-electron chi connectivity index (χ0n) is 15.3. The Labute approximate surface area is 170 Å². The first kappa shape index (κ1) is 21.0. The third-order valence-electron chi connectivity index (χ3n) is 3.39. The molecular weight excluding hydrogens is 430 g/mol. The molecule has 0 atom stereocenters. The maximum Gasteiger partial charge on any atom is 0.262 e. The topological polar surface area (TPSA) is 134 Å². The second kappa shape index (κ2) is 10.2. The third kappa shape index (κ3) is 5.88. The molecule has 0 unspecified atom stereocenters. The molecule has 5 N–H and O–H groups in total. The van der Waals surface area contributed by atoms with Crippen molar-refractivity contribution in [2.45, 2.75) is 0 Å². The van der Waals surface area contributed by atoms with Crippen LogP contribution < -0.4 is 31.0 Å². The first-order chi connectivity index (χ1) is 13.4. The number of ether oxygens (including phenoxy) is 3. The predicted molar refractivity (Wildman–Crippen MR) is 111 cm³/mol. The predicted octanol–water partition coefficient (Wildman–Crippen LogP) is 2.09. The summed E-state index contributed by atoms with van der Waals surface area (Å²) in [7, 11) is 3.02. The van der Waals surface area contributed by atoms with E-state index in [0.29, 0.717) is 33.0 Å². The lowest BCUT2D eigenvalue weighted by Gasteiger charge is -2.13. The van der Waals surface area contributed by atoms with Crippen LogP contribution in [0.1, 0.15) is 5.56 Å². The number of halogens is 1. The first-order valence-corrected chi connectivity index (χ1v) is 8.79. The summed E-state index contributed by atoms with van der Waals surface area (Å²) in [5.41, 5.74) is 11.7. The van der Waals surface area contributed by atoms with Gasteiger partial charge < -0.3 is 31.0 Å². The van der Waals surface area contributed by atoms with Crippen LogP contribution in [0.3, 0.4) is 0 Å². The number of hydrogen-bond acceptors (Lipinski definition) is 6. The van der Waals surface area contributed by atoms with Crippen LogP contribution in [-0.4, -0.2) is 38.9 Å². The van der Waals surface area contributed by atoms with Gasteiger partial charge in [0.05, 0.1) is 26.1 Å². The van der Waals surface area contributed by atoms with E-state index in [-0.39, 0.29) is 18.5 Å². The number of guanidine groups is 1. The van der Waals surface area contributed by atoms with Crippen molar-refractivity contribution in [1.82, 2.24) is 0 Å². The minimum Gasteiger partial charge on any atom is -0.495 e. The molecule has 0 bridgehead atoms. The smallest absolute Gasteiger partial charge is 0.262 e. The van der Waals surface area contributed by atoms with E-state index >= 15 is 0 Å². The van der Waals surface area contributed by atoms with Crippen molar-refractivity contribution < 1.29 is 19.0 Å². The largest absolute Gasteiger partial charge is 0.495 e. The molecule has 0 aliphatic heterocycles. The Morgan fingerprint density at radius 1 is 1.14 bits per heavy atom. The van der Waals surface area contributed by atoms with Gasteiger partial charge in [-0.3, -0.25) is 4.79 Å². The third-order valence-corrected chi connectivity index (χ3v) is 4.08. The molecule has 0 radical (unpaired) electrons. The van der Waals surface area contributed by atoms with E-state index in [2.05, 4.69) is 31.4 Å². The van der Waals surface area contributed by atoms with Crippen molar-refractivity contribution in [2.75, 3.05) is 26.1 Å². The van der Waals surface area contributed by atoms with Crippen LogP contribution in [0.5, 0.6) is 17.2 Å². The molecule has 9 nitrogen and oxygen atoms in total. The maximum atomic E-state index is 12.2. The van der Waals surface area contributed by atoms with Crippen LogP contribution in [0.25, 0.3) is 0 Å². The Morgan fingerprint density at radius 2 is 1.86 bits per heavy atom. The van der Waals surface area contributed by atoms with Gasteiger partial charge in [-0.2, -0.15) is 5.10 Å². The van der Waals surface area contributed by atoms with Gasteiger partial charge in [0.25, 0.3) is 5.91 Å². The molecule has 2 aromatic carbocycles. The summed E-state index contributed by atoms with van der Waals surface area (Å²) in [6.45, 7) is -0.220. The van der Waals surface area contributed by atoms with Crippen LogP contribution in [0.15, 0.2) is 51.1 Å². The molecule has 10 heteroatoms. The summed E-state index contributed by atoms with van der Waals surface area (Å²) in [6.07, 6.45) is 1.45. The monoisotopic (exact) mass is 449 g/mol. The van der Waals surface area contributed by atoms with E-state index in [0.717, 1.165) is 0 Å². The molecule has 0 aliphatic rings. The molecule has 2 aromatic rings. The highest BCUT2D eigenvalue weighted by Gasteiger charge is 2.12. The van der Waals surface area contributed by atoms with Gasteiger partial charge in [-0.25, -0.2) is 0 Å². The van der Waals surface area contributed by atoms with Crippen molar-refractivity contribution in [3.8, 4) is 17.2 Å². The Morgan fingerprint density at radius 3 is 2.54 bits per heavy atom. The van der Waals surface area contributed by atoms with Gasteiger partial charge in [0.15, 0.2) is 18.1 Å². The average Bonchev–Trinajstić information content (AvgIpc) is 2.67. The lowest BCUT2D eigenvalue weighted by molar-refractivity contribution is -0.118. The molecule has 28 heavy (non-hydrogen) atoms. The van der Waals surface area contributed by atoms with Crippen molar-refractivity contribution in [3.63, 3.8) is 0 Å². The summed E-state index contributed by atoms with van der Waals surface area (Å²) < 4.78 is 16.8. The normalized spacial score (nSPS) is 10.4. The standard InChI is InChI=1S/C18H20BrN5O4/c1-26-14-6-4-3-5-13(14)23-17(25)10-28-16-8-12(19)11(7-15(16)27-2)9-22-24-18(20)21/h3-9H,10H2,1-2H3,(H,23,25)(H4,20,21,24). The van der Waals surface area contributed by atoms with Crippen LogP contribution in [0.2, 0.25) is 0 Å². The van der Waals surface area contributed by atoms with Gasteiger partial charge in [0.2, 0.25) is 5.96 Å². The maximum absolute atomic E-state index is 12.2. The molecule has 0 aliphatic carbocycles. The van der Waals surface area contributed by atoms with Crippen LogP contribution >= 0.6 is 15.9 Å². The van der Waals surface area contributed by atoms with E-state index in [1.54, 1.807) is 30.3 Å². The number of nitrogens with two attached hydrogens (primary N) is 2. The van der Waals surface area contributed by atoms with Crippen molar-refractivity contribution in [3.05, 3.63) is 46.4 Å². The second-order valence-corrected chi connectivity index (χ2v) is 6.19. The highest BCUT2D eigenvalue weighted by molar-refractivity contribution is 9.10. The van der Waals surface area contributed by atoms with E-state index in [9.17, 15) is 4.79 Å². The molecule has 0 spiro atoms. The molecule has 0 heterocycles. The lowest BCUT2D eigenvalue weighted by Crippen LogP contribution is -2.21. The quantitative estimate of drug-likeness (QED) is 0.320. The first-order valence-electron chi connectivity index (χ1n) is 7.99. The highest BCUT2D eigenvalue weighted by atomic mass is 79.9. The van der Waals surface area contributed by atoms with Gasteiger partial charge in [0.1, 0.15) is 5.75 Å². The molecule has 1 amide bonds. The molecule has 0 saturated heterocycles. The van der Waals surface area contributed by atoms with Crippen molar-refractivity contribution in [2.24, 2.45) is 21.7 Å². The number of para-hydroxylation sites is 2.